The first-order valence-electron chi connectivity index (χ1n) is 17.8. The standard InChI is InChI=1S/C39H47ClFN5O5/c1-23-24(2)39(50)44(3)21-30(23)27-18-31(40)29(36(19-27)51-4)17-25-9-13-45(14-10-25)22-35(47)26-11-15-46(16-12-26)34-7-5-28(20-32(34)41)42-33-6-8-37(48)43-38(33)49/h5,7,18-21,25-26,33,42H,6,8-17,22H2,1-4H3,(H,43,48,49). The van der Waals surface area contributed by atoms with Crippen LogP contribution in [0.4, 0.5) is 15.8 Å². The summed E-state index contributed by atoms with van der Waals surface area (Å²) >= 11 is 6.89. The number of amides is 2. The minimum Gasteiger partial charge on any atom is -0.496 e. The first-order valence-corrected chi connectivity index (χ1v) is 18.2. The number of nitrogens with zero attached hydrogens (tertiary/aromatic N) is 3. The molecule has 3 aliphatic rings. The second-order valence-corrected chi connectivity index (χ2v) is 14.7. The number of aromatic nitrogens is 1. The highest BCUT2D eigenvalue weighted by atomic mass is 35.5. The van der Waals surface area contributed by atoms with Crippen LogP contribution in [0.15, 0.2) is 41.3 Å². The molecule has 51 heavy (non-hydrogen) atoms. The zero-order chi connectivity index (χ0) is 36.4. The van der Waals surface area contributed by atoms with Crippen LogP contribution in [0.25, 0.3) is 11.1 Å². The summed E-state index contributed by atoms with van der Waals surface area (Å²) in [5.41, 5.74) is 5.46. The summed E-state index contributed by atoms with van der Waals surface area (Å²) < 4.78 is 22.6. The van der Waals surface area contributed by atoms with E-state index >= 15 is 4.39 Å². The second-order valence-electron chi connectivity index (χ2n) is 14.3. The van der Waals surface area contributed by atoms with Crippen molar-refractivity contribution in [2.75, 3.05) is 50.1 Å². The fourth-order valence-corrected chi connectivity index (χ4v) is 8.02. The Morgan fingerprint density at radius 2 is 1.73 bits per heavy atom. The number of ether oxygens (including phenoxy) is 1. The molecule has 272 valence electrons. The minimum atomic E-state index is -0.575. The molecule has 0 spiro atoms. The van der Waals surface area contributed by atoms with Gasteiger partial charge in [0.1, 0.15) is 23.4 Å². The quantitative estimate of drug-likeness (QED) is 0.267. The van der Waals surface area contributed by atoms with Gasteiger partial charge >= 0.3 is 0 Å². The van der Waals surface area contributed by atoms with Crippen molar-refractivity contribution < 1.29 is 23.5 Å². The van der Waals surface area contributed by atoms with Crippen LogP contribution in [0.1, 0.15) is 55.2 Å². The minimum absolute atomic E-state index is 0.0108. The summed E-state index contributed by atoms with van der Waals surface area (Å²) in [7, 11) is 3.42. The summed E-state index contributed by atoms with van der Waals surface area (Å²) in [5, 5.41) is 5.98. The monoisotopic (exact) mass is 719 g/mol. The van der Waals surface area contributed by atoms with E-state index < -0.39 is 11.9 Å². The van der Waals surface area contributed by atoms with Crippen molar-refractivity contribution in [1.82, 2.24) is 14.8 Å². The maximum atomic E-state index is 15.2. The lowest BCUT2D eigenvalue weighted by Crippen LogP contribution is -2.47. The molecular weight excluding hydrogens is 673 g/mol. The molecule has 6 rings (SSSR count). The molecule has 3 aromatic rings. The molecule has 4 heterocycles. The first-order chi connectivity index (χ1) is 24.4. The van der Waals surface area contributed by atoms with Gasteiger partial charge in [-0.2, -0.15) is 0 Å². The number of Topliss-reactive ketones (excluding diaryl/α,β-unsaturated/α-hetero) is 1. The molecule has 1 unspecified atom stereocenters. The number of methoxy groups -OCH3 is 1. The van der Waals surface area contributed by atoms with Crippen molar-refractivity contribution >= 4 is 40.6 Å². The third-order valence-corrected chi connectivity index (χ3v) is 11.4. The molecule has 0 saturated carbocycles. The third-order valence-electron chi connectivity index (χ3n) is 11.0. The van der Waals surface area contributed by atoms with Crippen molar-refractivity contribution in [3.63, 3.8) is 0 Å². The van der Waals surface area contributed by atoms with Crippen molar-refractivity contribution in [3.8, 4) is 16.9 Å². The Morgan fingerprint density at radius 3 is 2.39 bits per heavy atom. The molecule has 2 N–H and O–H groups in total. The topological polar surface area (TPSA) is 113 Å². The van der Waals surface area contributed by atoms with Crippen molar-refractivity contribution in [2.45, 2.75) is 64.8 Å². The molecule has 1 aromatic heterocycles. The van der Waals surface area contributed by atoms with Gasteiger partial charge in [0, 0.05) is 66.1 Å². The number of nitrogens with one attached hydrogen (secondary N) is 2. The zero-order valence-electron chi connectivity index (χ0n) is 29.8. The molecule has 0 aliphatic carbocycles. The summed E-state index contributed by atoms with van der Waals surface area (Å²) in [6, 6.07) is 8.25. The first kappa shape index (κ1) is 36.6. The fraction of sp³-hybridized carbons (Fsp3) is 0.487. The molecule has 3 saturated heterocycles. The SMILES string of the molecule is COc1cc(-c2cn(C)c(=O)c(C)c2C)cc(Cl)c1CC1CCN(CC(=O)C2CCN(c3ccc(NC4CCC(=O)NC4=O)cc3F)CC2)CC1. The van der Waals surface area contributed by atoms with Gasteiger partial charge in [-0.05, 0) is 113 Å². The third kappa shape index (κ3) is 8.15. The highest BCUT2D eigenvalue weighted by Gasteiger charge is 2.30. The molecule has 12 heteroatoms. The van der Waals surface area contributed by atoms with E-state index in [4.69, 9.17) is 16.3 Å². The van der Waals surface area contributed by atoms with Gasteiger partial charge in [-0.15, -0.1) is 0 Å². The molecule has 1 atom stereocenters. The van der Waals surface area contributed by atoms with Crippen molar-refractivity contribution in [2.24, 2.45) is 18.9 Å². The van der Waals surface area contributed by atoms with E-state index in [2.05, 4.69) is 15.5 Å². The Kier molecular flexibility index (Phi) is 11.2. The maximum absolute atomic E-state index is 15.2. The number of hydrogen-bond acceptors (Lipinski definition) is 8. The Balaban J connectivity index is 0.981. The highest BCUT2D eigenvalue weighted by molar-refractivity contribution is 6.32. The van der Waals surface area contributed by atoms with Gasteiger partial charge in [-0.25, -0.2) is 4.39 Å². The van der Waals surface area contributed by atoms with Crippen LogP contribution < -0.4 is 25.8 Å². The largest absolute Gasteiger partial charge is 0.496 e. The van der Waals surface area contributed by atoms with Crippen LogP contribution in [0.3, 0.4) is 0 Å². The number of carbonyl (C=O) groups is 3. The van der Waals surface area contributed by atoms with E-state index in [1.807, 2.05) is 37.1 Å². The lowest BCUT2D eigenvalue weighted by molar-refractivity contribution is -0.133. The number of imide groups is 1. The number of ketones is 1. The number of rotatable bonds is 10. The van der Waals surface area contributed by atoms with Crippen LogP contribution in [-0.2, 0) is 27.9 Å². The number of halogens is 2. The Labute approximate surface area is 303 Å². The predicted octanol–water partition coefficient (Wildman–Crippen LogP) is 5.43. The number of benzene rings is 2. The molecule has 0 radical (unpaired) electrons. The number of piperidine rings is 3. The van der Waals surface area contributed by atoms with Gasteiger partial charge in [0.15, 0.2) is 0 Å². The lowest BCUT2D eigenvalue weighted by Gasteiger charge is -2.35. The molecule has 0 bridgehead atoms. The number of aryl methyl sites for hydroxylation is 1. The summed E-state index contributed by atoms with van der Waals surface area (Å²) in [5.74, 6) is 0.288. The molecule has 2 aromatic carbocycles. The average Bonchev–Trinajstić information content (AvgIpc) is 3.11. The molecular formula is C39H47ClFN5O5. The number of likely N-dealkylation sites (tertiary alicyclic amines) is 1. The predicted molar refractivity (Wildman–Crippen MR) is 197 cm³/mol. The van der Waals surface area contributed by atoms with Crippen LogP contribution in [-0.4, -0.2) is 72.9 Å². The van der Waals surface area contributed by atoms with Gasteiger partial charge in [0.2, 0.25) is 11.8 Å². The van der Waals surface area contributed by atoms with Crippen LogP contribution >= 0.6 is 11.6 Å². The maximum Gasteiger partial charge on any atom is 0.253 e. The molecule has 3 aliphatic heterocycles. The zero-order valence-corrected chi connectivity index (χ0v) is 30.6. The number of carbonyl (C=O) groups excluding carboxylic acids is 3. The van der Waals surface area contributed by atoms with E-state index in [-0.39, 0.29) is 35.4 Å². The smallest absolute Gasteiger partial charge is 0.253 e. The van der Waals surface area contributed by atoms with Crippen LogP contribution in [0, 0.1) is 31.5 Å². The number of hydrogen-bond donors (Lipinski definition) is 2. The van der Waals surface area contributed by atoms with Gasteiger partial charge in [0.25, 0.3) is 5.56 Å². The van der Waals surface area contributed by atoms with Crippen molar-refractivity contribution in [3.05, 3.63) is 74.4 Å². The summed E-state index contributed by atoms with van der Waals surface area (Å²) in [6.45, 7) is 7.10. The average molecular weight is 720 g/mol. The normalized spacial score (nSPS) is 19.3. The van der Waals surface area contributed by atoms with Crippen LogP contribution in [0.2, 0.25) is 5.02 Å². The fourth-order valence-electron chi connectivity index (χ4n) is 7.73. The van der Waals surface area contributed by atoms with E-state index in [0.29, 0.717) is 66.8 Å². The van der Waals surface area contributed by atoms with Gasteiger partial charge in [-0.1, -0.05) is 11.6 Å². The highest BCUT2D eigenvalue weighted by Crippen LogP contribution is 2.38. The second kappa shape index (κ2) is 15.6. The summed E-state index contributed by atoms with van der Waals surface area (Å²) in [6.07, 6.45) is 6.53. The molecule has 3 fully saturated rings. The Bertz CT molecular complexity index is 1880. The Morgan fingerprint density at radius 1 is 1.00 bits per heavy atom. The van der Waals surface area contributed by atoms with E-state index in [1.54, 1.807) is 30.9 Å². The van der Waals surface area contributed by atoms with Gasteiger partial charge in [0.05, 0.1) is 19.3 Å². The van der Waals surface area contributed by atoms with Crippen molar-refractivity contribution in [1.29, 1.82) is 0 Å². The van der Waals surface area contributed by atoms with Gasteiger partial charge < -0.3 is 19.5 Å². The van der Waals surface area contributed by atoms with E-state index in [9.17, 15) is 19.2 Å². The Hall–Kier alpha value is -4.22. The molecule has 2 amide bonds. The molecule has 10 nitrogen and oxygen atoms in total. The number of anilines is 2. The lowest BCUT2D eigenvalue weighted by atomic mass is 9.87. The van der Waals surface area contributed by atoms with Gasteiger partial charge in [-0.3, -0.25) is 29.4 Å². The van der Waals surface area contributed by atoms with E-state index in [0.717, 1.165) is 60.4 Å². The number of pyridine rings is 1. The van der Waals surface area contributed by atoms with Crippen LogP contribution in [0.5, 0.6) is 5.75 Å². The summed E-state index contributed by atoms with van der Waals surface area (Å²) in [4.78, 5) is 53.5. The van der Waals surface area contributed by atoms with E-state index in [1.165, 1.54) is 6.07 Å².